The molecule has 3 nitrogen and oxygen atoms in total. The average Bonchev–Trinajstić information content (AvgIpc) is 2.81. The molecule has 0 saturated carbocycles. The van der Waals surface area contributed by atoms with Crippen LogP contribution < -0.4 is 0 Å². The minimum atomic E-state index is 0.513. The first-order valence-corrected chi connectivity index (χ1v) is 8.26. The van der Waals surface area contributed by atoms with E-state index in [1.54, 1.807) is 0 Å². The van der Waals surface area contributed by atoms with Crippen molar-refractivity contribution < 1.29 is 9.05 Å². The largest absolute Gasteiger partial charge is 0.351 e. The fourth-order valence-corrected chi connectivity index (χ4v) is 3.74. The Kier molecular flexibility index (Phi) is 2.83. The van der Waals surface area contributed by atoms with Crippen molar-refractivity contribution in [1.29, 1.82) is 0 Å². The standard InChI is InChI=1S/C21H17NO2/c1-13-6-7-15-9-11-19-21(17(15)12-13)20-16-5-3-2-4-14(16)8-10-18(20)23-22-24-19/h2-11,13,22H,12H2,1H3. The molecule has 1 aromatic heterocycles. The van der Waals surface area contributed by atoms with Crippen LogP contribution >= 0.6 is 0 Å². The fourth-order valence-electron chi connectivity index (χ4n) is 3.74. The topological polar surface area (TPSA) is 42.1 Å². The lowest BCUT2D eigenvalue weighted by atomic mass is 9.87. The molecule has 24 heavy (non-hydrogen) atoms. The highest BCUT2D eigenvalue weighted by atomic mass is 16.7. The minimum absolute atomic E-state index is 0.513. The molecule has 4 aromatic rings. The van der Waals surface area contributed by atoms with E-state index in [2.05, 4.69) is 60.8 Å². The summed E-state index contributed by atoms with van der Waals surface area (Å²) in [5.41, 5.74) is 4.19. The van der Waals surface area contributed by atoms with E-state index in [4.69, 9.17) is 9.05 Å². The van der Waals surface area contributed by atoms with Gasteiger partial charge in [0, 0.05) is 10.8 Å². The van der Waals surface area contributed by atoms with Crippen LogP contribution in [0.5, 0.6) is 0 Å². The molecule has 1 unspecified atom stereocenters. The second-order valence-corrected chi connectivity index (χ2v) is 6.49. The van der Waals surface area contributed by atoms with E-state index in [0.29, 0.717) is 5.92 Å². The Balaban J connectivity index is 2.10. The van der Waals surface area contributed by atoms with E-state index in [0.717, 1.165) is 28.4 Å². The van der Waals surface area contributed by atoms with Gasteiger partial charge < -0.3 is 9.05 Å². The van der Waals surface area contributed by atoms with Gasteiger partial charge >= 0.3 is 0 Å². The van der Waals surface area contributed by atoms with Gasteiger partial charge in [0.2, 0.25) is 0 Å². The van der Waals surface area contributed by atoms with E-state index in [1.807, 2.05) is 12.1 Å². The summed E-state index contributed by atoms with van der Waals surface area (Å²) in [5.74, 6) is 0.513. The Morgan fingerprint density at radius 1 is 0.917 bits per heavy atom. The predicted octanol–water partition coefficient (Wildman–Crippen LogP) is 5.99. The fraction of sp³-hybridized carbons (Fsp3) is 0.143. The van der Waals surface area contributed by atoms with Gasteiger partial charge in [-0.1, -0.05) is 60.8 Å². The predicted molar refractivity (Wildman–Crippen MR) is 97.4 cm³/mol. The van der Waals surface area contributed by atoms with Crippen molar-refractivity contribution in [3.63, 3.8) is 0 Å². The zero-order chi connectivity index (χ0) is 16.1. The average molecular weight is 315 g/mol. The third-order valence-corrected chi connectivity index (χ3v) is 4.89. The van der Waals surface area contributed by atoms with E-state index < -0.39 is 0 Å². The number of aromatic amines is 1. The number of benzene rings is 3. The Bertz CT molecular complexity index is 1150. The van der Waals surface area contributed by atoms with Crippen LogP contribution in [0.1, 0.15) is 18.1 Å². The molecule has 3 heteroatoms. The molecule has 0 aliphatic heterocycles. The van der Waals surface area contributed by atoms with Crippen LogP contribution in [-0.4, -0.2) is 5.33 Å². The van der Waals surface area contributed by atoms with Crippen molar-refractivity contribution in [1.82, 2.24) is 5.33 Å². The van der Waals surface area contributed by atoms with Crippen molar-refractivity contribution in [2.45, 2.75) is 13.3 Å². The van der Waals surface area contributed by atoms with Crippen LogP contribution in [0.3, 0.4) is 0 Å². The van der Waals surface area contributed by atoms with Crippen LogP contribution in [0.4, 0.5) is 0 Å². The third-order valence-electron chi connectivity index (χ3n) is 4.89. The lowest BCUT2D eigenvalue weighted by molar-refractivity contribution is 0.228. The summed E-state index contributed by atoms with van der Waals surface area (Å²) in [5, 5.41) is 7.25. The maximum atomic E-state index is 5.68. The van der Waals surface area contributed by atoms with Gasteiger partial charge in [-0.25, -0.2) is 0 Å². The normalized spacial score (nSPS) is 16.6. The van der Waals surface area contributed by atoms with E-state index in [1.165, 1.54) is 21.9 Å². The summed E-state index contributed by atoms with van der Waals surface area (Å²) in [7, 11) is 0. The highest BCUT2D eigenvalue weighted by Crippen LogP contribution is 2.36. The summed E-state index contributed by atoms with van der Waals surface area (Å²) in [6.07, 6.45) is 5.49. The molecule has 3 aromatic carbocycles. The molecular formula is C21H17NO2. The van der Waals surface area contributed by atoms with Crippen LogP contribution in [0.2, 0.25) is 0 Å². The SMILES string of the molecule is CC1C=Cc2ccc3o[nH]oc4ccc5ccccc5c4c3c2C1. The summed E-state index contributed by atoms with van der Waals surface area (Å²) in [4.78, 5) is 0. The van der Waals surface area contributed by atoms with Gasteiger partial charge in [0.25, 0.3) is 0 Å². The number of fused-ring (bicyclic) bond motifs is 7. The highest BCUT2D eigenvalue weighted by molar-refractivity contribution is 6.18. The maximum absolute atomic E-state index is 5.68. The van der Waals surface area contributed by atoms with Gasteiger partial charge in [0.05, 0.1) is 0 Å². The summed E-state index contributed by atoms with van der Waals surface area (Å²) < 4.78 is 11.4. The summed E-state index contributed by atoms with van der Waals surface area (Å²) in [6.45, 7) is 2.25. The van der Waals surface area contributed by atoms with Crippen molar-refractivity contribution in [2.75, 3.05) is 0 Å². The molecule has 0 amide bonds. The van der Waals surface area contributed by atoms with Crippen molar-refractivity contribution in [2.24, 2.45) is 5.92 Å². The van der Waals surface area contributed by atoms with Crippen molar-refractivity contribution in [3.05, 3.63) is 65.7 Å². The van der Waals surface area contributed by atoms with Crippen molar-refractivity contribution in [3.8, 4) is 0 Å². The van der Waals surface area contributed by atoms with Crippen LogP contribution in [0.25, 0.3) is 38.8 Å². The van der Waals surface area contributed by atoms with E-state index >= 15 is 0 Å². The molecule has 0 radical (unpaired) electrons. The molecule has 118 valence electrons. The number of hydrogen-bond acceptors (Lipinski definition) is 2. The van der Waals surface area contributed by atoms with Crippen molar-refractivity contribution >= 4 is 38.8 Å². The molecule has 0 saturated heterocycles. The molecule has 0 fully saturated rings. The van der Waals surface area contributed by atoms with Crippen LogP contribution in [0.15, 0.2) is 63.7 Å². The van der Waals surface area contributed by atoms with Gasteiger partial charge in [-0.05, 0) is 46.4 Å². The first-order chi connectivity index (χ1) is 11.8. The van der Waals surface area contributed by atoms with Gasteiger partial charge in [0.1, 0.15) is 0 Å². The Labute approximate surface area is 138 Å². The first kappa shape index (κ1) is 13.5. The van der Waals surface area contributed by atoms with Crippen LogP contribution in [-0.2, 0) is 6.42 Å². The van der Waals surface area contributed by atoms with E-state index in [-0.39, 0.29) is 0 Å². The molecule has 0 bridgehead atoms. The third kappa shape index (κ3) is 1.91. The molecule has 1 atom stereocenters. The highest BCUT2D eigenvalue weighted by Gasteiger charge is 2.17. The monoisotopic (exact) mass is 315 g/mol. The molecule has 0 spiro atoms. The minimum Gasteiger partial charge on any atom is -0.351 e. The number of rotatable bonds is 0. The zero-order valence-electron chi connectivity index (χ0n) is 13.4. The van der Waals surface area contributed by atoms with Gasteiger partial charge in [0.15, 0.2) is 11.2 Å². The van der Waals surface area contributed by atoms with Gasteiger partial charge in [-0.2, -0.15) is 0 Å². The molecule has 1 heterocycles. The number of hydrogen-bond donors (Lipinski definition) is 1. The smallest absolute Gasteiger partial charge is 0.167 e. The molecule has 1 aliphatic rings. The number of H-pyrrole nitrogens is 1. The summed E-state index contributed by atoms with van der Waals surface area (Å²) in [6, 6.07) is 16.6. The number of allylic oxidation sites excluding steroid dienone is 1. The van der Waals surface area contributed by atoms with E-state index in [9.17, 15) is 0 Å². The Hall–Kier alpha value is -2.94. The first-order valence-electron chi connectivity index (χ1n) is 8.26. The van der Waals surface area contributed by atoms with Gasteiger partial charge in [-0.15, -0.1) is 0 Å². The Morgan fingerprint density at radius 2 is 1.71 bits per heavy atom. The number of nitrogens with one attached hydrogen (secondary N) is 1. The summed E-state index contributed by atoms with van der Waals surface area (Å²) >= 11 is 0. The second kappa shape index (κ2) is 5.03. The molecular weight excluding hydrogens is 298 g/mol. The van der Waals surface area contributed by atoms with Crippen LogP contribution in [0, 0.1) is 5.92 Å². The zero-order valence-corrected chi connectivity index (χ0v) is 13.4. The lowest BCUT2D eigenvalue weighted by Crippen LogP contribution is -2.03. The maximum Gasteiger partial charge on any atom is 0.167 e. The molecule has 5 rings (SSSR count). The second-order valence-electron chi connectivity index (χ2n) is 6.49. The lowest BCUT2D eigenvalue weighted by Gasteiger charge is -2.17. The quantitative estimate of drug-likeness (QED) is 0.433. The molecule has 1 aliphatic carbocycles. The molecule has 1 N–H and O–H groups in total. The Morgan fingerprint density at radius 3 is 2.62 bits per heavy atom. The number of aromatic nitrogens is 1. The van der Waals surface area contributed by atoms with Gasteiger partial charge in [-0.3, -0.25) is 0 Å².